The van der Waals surface area contributed by atoms with Crippen LogP contribution in [0.25, 0.3) is 0 Å². The highest BCUT2D eigenvalue weighted by molar-refractivity contribution is 5.27. The number of allylic oxidation sites excluding steroid dienone is 2. The highest BCUT2D eigenvalue weighted by Crippen LogP contribution is 2.22. The summed E-state index contributed by atoms with van der Waals surface area (Å²) in [6.45, 7) is 14.3. The Bertz CT molecular complexity index is 444. The lowest BCUT2D eigenvalue weighted by Gasteiger charge is -2.18. The first-order valence-electron chi connectivity index (χ1n) is 8.61. The Morgan fingerprint density at radius 2 is 1.73 bits per heavy atom. The van der Waals surface area contributed by atoms with Crippen LogP contribution in [0.4, 0.5) is 0 Å². The quantitative estimate of drug-likeness (QED) is 0.503. The molecule has 0 bridgehead atoms. The molecule has 1 nitrogen and oxygen atoms in total. The number of hydrogen-bond acceptors (Lipinski definition) is 1. The fourth-order valence-electron chi connectivity index (χ4n) is 2.49. The second kappa shape index (κ2) is 9.02. The van der Waals surface area contributed by atoms with E-state index >= 15 is 0 Å². The molecule has 1 rings (SSSR count). The maximum absolute atomic E-state index is 5.87. The van der Waals surface area contributed by atoms with Crippen LogP contribution in [-0.2, 0) is 6.42 Å². The second-order valence-electron chi connectivity index (χ2n) is 7.98. The highest BCUT2D eigenvalue weighted by Gasteiger charge is 2.11. The van der Waals surface area contributed by atoms with Crippen LogP contribution in [0.5, 0.6) is 5.75 Å². The molecule has 1 atom stereocenters. The largest absolute Gasteiger partial charge is 0.494 e. The summed E-state index contributed by atoms with van der Waals surface area (Å²) in [5.74, 6) is 1.71. The molecule has 0 saturated heterocycles. The van der Waals surface area contributed by atoms with Crippen molar-refractivity contribution in [3.05, 3.63) is 41.5 Å². The fourth-order valence-corrected chi connectivity index (χ4v) is 2.49. The molecular weight excluding hydrogens is 268 g/mol. The number of rotatable bonds is 8. The second-order valence-corrected chi connectivity index (χ2v) is 7.98. The van der Waals surface area contributed by atoms with Crippen LogP contribution < -0.4 is 4.74 Å². The molecule has 1 aromatic carbocycles. The van der Waals surface area contributed by atoms with Gasteiger partial charge >= 0.3 is 0 Å². The summed E-state index contributed by atoms with van der Waals surface area (Å²) in [6, 6.07) is 8.60. The van der Waals surface area contributed by atoms with Crippen LogP contribution in [0.1, 0.15) is 66.4 Å². The third-order valence-corrected chi connectivity index (χ3v) is 3.75. The van der Waals surface area contributed by atoms with Crippen LogP contribution in [0.3, 0.4) is 0 Å². The summed E-state index contributed by atoms with van der Waals surface area (Å²) < 4.78 is 5.87. The topological polar surface area (TPSA) is 9.23 Å². The van der Waals surface area contributed by atoms with Crippen molar-refractivity contribution in [2.24, 2.45) is 11.3 Å². The Balaban J connectivity index is 2.29. The van der Waals surface area contributed by atoms with E-state index < -0.39 is 0 Å². The number of benzene rings is 1. The zero-order chi connectivity index (χ0) is 16.6. The van der Waals surface area contributed by atoms with Gasteiger partial charge in [0.25, 0.3) is 0 Å². The van der Waals surface area contributed by atoms with Gasteiger partial charge in [-0.2, -0.15) is 0 Å². The van der Waals surface area contributed by atoms with Crippen LogP contribution in [-0.4, -0.2) is 6.61 Å². The molecule has 1 heteroatoms. The summed E-state index contributed by atoms with van der Waals surface area (Å²) in [5.41, 5.74) is 3.14. The average Bonchev–Trinajstić information content (AvgIpc) is 2.38. The molecule has 0 aliphatic heterocycles. The van der Waals surface area contributed by atoms with E-state index in [-0.39, 0.29) is 0 Å². The predicted molar refractivity (Wildman–Crippen MR) is 97.5 cm³/mol. The maximum atomic E-state index is 5.87. The van der Waals surface area contributed by atoms with Gasteiger partial charge in [0.1, 0.15) is 5.75 Å². The van der Waals surface area contributed by atoms with Gasteiger partial charge in [-0.15, -0.1) is 0 Å². The lowest BCUT2D eigenvalue weighted by atomic mass is 9.88. The molecule has 0 amide bonds. The highest BCUT2D eigenvalue weighted by atomic mass is 16.5. The van der Waals surface area contributed by atoms with Crippen molar-refractivity contribution >= 4 is 0 Å². The van der Waals surface area contributed by atoms with E-state index in [2.05, 4.69) is 71.9 Å². The van der Waals surface area contributed by atoms with Crippen molar-refractivity contribution in [3.63, 3.8) is 0 Å². The predicted octanol–water partition coefficient (Wildman–Crippen LogP) is 6.43. The summed E-state index contributed by atoms with van der Waals surface area (Å²) in [4.78, 5) is 0. The van der Waals surface area contributed by atoms with E-state index in [1.54, 1.807) is 0 Å². The van der Waals surface area contributed by atoms with Crippen molar-refractivity contribution in [1.82, 2.24) is 0 Å². The van der Waals surface area contributed by atoms with Gasteiger partial charge in [-0.25, -0.2) is 0 Å². The number of hydrogen-bond donors (Lipinski definition) is 0. The minimum atomic E-state index is 0.336. The van der Waals surface area contributed by atoms with Gasteiger partial charge in [0, 0.05) is 0 Å². The molecule has 0 fully saturated rings. The zero-order valence-electron chi connectivity index (χ0n) is 15.4. The third-order valence-electron chi connectivity index (χ3n) is 3.75. The summed E-state index contributed by atoms with van der Waals surface area (Å²) in [6.07, 6.45) is 6.99. The molecule has 124 valence electrons. The molecule has 0 heterocycles. The zero-order valence-corrected chi connectivity index (χ0v) is 15.4. The van der Waals surface area contributed by atoms with Gasteiger partial charge in [-0.05, 0) is 68.6 Å². The van der Waals surface area contributed by atoms with Crippen molar-refractivity contribution in [2.45, 2.75) is 67.2 Å². The van der Waals surface area contributed by atoms with Gasteiger partial charge in [0.05, 0.1) is 6.61 Å². The van der Waals surface area contributed by atoms with Gasteiger partial charge < -0.3 is 4.74 Å². The van der Waals surface area contributed by atoms with E-state index in [1.807, 2.05) is 0 Å². The smallest absolute Gasteiger partial charge is 0.119 e. The van der Waals surface area contributed by atoms with Crippen LogP contribution in [0, 0.1) is 11.3 Å². The van der Waals surface area contributed by atoms with Crippen molar-refractivity contribution in [3.8, 4) is 5.75 Å². The number of ether oxygens (including phenoxy) is 1. The molecule has 1 unspecified atom stereocenters. The Labute approximate surface area is 137 Å². The fraction of sp³-hybridized carbons (Fsp3) is 0.619. The Kier molecular flexibility index (Phi) is 7.72. The van der Waals surface area contributed by atoms with Gasteiger partial charge in [0.15, 0.2) is 0 Å². The molecule has 0 aliphatic carbocycles. The maximum Gasteiger partial charge on any atom is 0.119 e. The first kappa shape index (κ1) is 18.8. The first-order chi connectivity index (χ1) is 10.3. The minimum absolute atomic E-state index is 0.336. The van der Waals surface area contributed by atoms with E-state index in [4.69, 9.17) is 4.74 Å². The molecule has 0 aliphatic rings. The molecular formula is C21H34O. The molecule has 1 aromatic rings. The molecule has 0 N–H and O–H groups in total. The Morgan fingerprint density at radius 3 is 2.27 bits per heavy atom. The Morgan fingerprint density at radius 1 is 1.09 bits per heavy atom. The molecule has 0 aromatic heterocycles. The van der Waals surface area contributed by atoms with Crippen molar-refractivity contribution in [2.75, 3.05) is 6.61 Å². The average molecular weight is 303 g/mol. The standard InChI is InChI=1S/C21H34O/c1-17(2)8-7-9-18(3)14-15-22-20-12-10-19(11-13-20)16-21(4,5)6/h8,10-13,18H,7,9,14-16H2,1-6H3. The SMILES string of the molecule is CC(C)=CCCC(C)CCOc1ccc(CC(C)(C)C)cc1. The van der Waals surface area contributed by atoms with E-state index in [0.29, 0.717) is 5.41 Å². The van der Waals surface area contributed by atoms with Crippen LogP contribution in [0.2, 0.25) is 0 Å². The van der Waals surface area contributed by atoms with Gasteiger partial charge in [-0.1, -0.05) is 51.5 Å². The van der Waals surface area contributed by atoms with Gasteiger partial charge in [-0.3, -0.25) is 0 Å². The lowest BCUT2D eigenvalue weighted by molar-refractivity contribution is 0.279. The molecule has 0 saturated carbocycles. The van der Waals surface area contributed by atoms with Crippen LogP contribution >= 0.6 is 0 Å². The molecule has 0 radical (unpaired) electrons. The first-order valence-corrected chi connectivity index (χ1v) is 8.61. The summed E-state index contributed by atoms with van der Waals surface area (Å²) in [7, 11) is 0. The molecule has 0 spiro atoms. The minimum Gasteiger partial charge on any atom is -0.494 e. The van der Waals surface area contributed by atoms with Crippen molar-refractivity contribution < 1.29 is 4.74 Å². The summed E-state index contributed by atoms with van der Waals surface area (Å²) >= 11 is 0. The van der Waals surface area contributed by atoms with Gasteiger partial charge in [0.2, 0.25) is 0 Å². The van der Waals surface area contributed by atoms with Crippen LogP contribution in [0.15, 0.2) is 35.9 Å². The Hall–Kier alpha value is -1.24. The van der Waals surface area contributed by atoms with Crippen molar-refractivity contribution in [1.29, 1.82) is 0 Å². The van der Waals surface area contributed by atoms with E-state index in [1.165, 1.54) is 24.0 Å². The lowest BCUT2D eigenvalue weighted by Crippen LogP contribution is -2.09. The van der Waals surface area contributed by atoms with E-state index in [0.717, 1.165) is 31.1 Å². The molecule has 22 heavy (non-hydrogen) atoms. The third kappa shape index (κ3) is 8.92. The van der Waals surface area contributed by atoms with E-state index in [9.17, 15) is 0 Å². The normalized spacial score (nSPS) is 12.8. The summed E-state index contributed by atoms with van der Waals surface area (Å²) in [5, 5.41) is 0. The monoisotopic (exact) mass is 302 g/mol.